The van der Waals surface area contributed by atoms with Crippen LogP contribution >= 0.6 is 0 Å². The highest BCUT2D eigenvalue weighted by molar-refractivity contribution is 6.73. The monoisotopic (exact) mass is 516 g/mol. The summed E-state index contributed by atoms with van der Waals surface area (Å²) in [6, 6.07) is 8.49. The van der Waals surface area contributed by atoms with Crippen LogP contribution in [0.3, 0.4) is 0 Å². The predicted molar refractivity (Wildman–Crippen MR) is 137 cm³/mol. The molecular weight excluding hydrogens is 480 g/mol. The molecule has 2 aliphatic rings. The Morgan fingerprint density at radius 1 is 1.22 bits per heavy atom. The molecule has 36 heavy (non-hydrogen) atoms. The average molecular weight is 517 g/mol. The normalized spacial score (nSPS) is 22.6. The molecule has 2 heterocycles. The van der Waals surface area contributed by atoms with Crippen molar-refractivity contribution in [3.63, 3.8) is 0 Å². The zero-order chi connectivity index (χ0) is 26.6. The van der Waals surface area contributed by atoms with E-state index in [1.54, 1.807) is 12.2 Å². The molecule has 4 atom stereocenters. The summed E-state index contributed by atoms with van der Waals surface area (Å²) in [5.74, 6) is -1.28. The maximum atomic E-state index is 13.4. The molecule has 0 radical (unpaired) electrons. The standard InChI is InChI=1S/C26H36N2O7Si/c1-6-36(7-2,8-3)35-18(5)22-23-17(4)21(10-9-15-29)24(27(23)25(22)30)26(31)34-16-19-11-13-20(14-12-19)28(32)33/h9-14,17-18,22-23,29H,6-8,15-16H2,1-5H3/b10-9+/t17-,18+,22+,23+/m0/s1. The minimum absolute atomic E-state index is 0.0495. The first-order valence-electron chi connectivity index (χ1n) is 12.6. The largest absolute Gasteiger partial charge is 0.456 e. The second kappa shape index (κ2) is 11.5. The SMILES string of the molecule is CC[Si](CC)(CC)O[C@H](C)[C@H]1C(=O)N2C(C(=O)OCc3ccc([N+](=O)[O-])cc3)=C(/C=C/CO)[C@H](C)[C@H]12. The summed E-state index contributed by atoms with van der Waals surface area (Å²) < 4.78 is 12.1. The number of hydrogen-bond acceptors (Lipinski definition) is 7. The lowest BCUT2D eigenvalue weighted by atomic mass is 9.77. The van der Waals surface area contributed by atoms with Crippen molar-refractivity contribution in [3.8, 4) is 0 Å². The molecule has 1 aromatic carbocycles. The van der Waals surface area contributed by atoms with E-state index in [0.29, 0.717) is 11.1 Å². The number of fused-ring (bicyclic) bond motifs is 1. The third-order valence-electron chi connectivity index (χ3n) is 7.69. The van der Waals surface area contributed by atoms with Crippen LogP contribution in [-0.4, -0.2) is 53.9 Å². The third kappa shape index (κ3) is 5.16. The molecule has 1 saturated heterocycles. The summed E-state index contributed by atoms with van der Waals surface area (Å²) in [6.07, 6.45) is 2.97. The Labute approximate surface area is 213 Å². The Morgan fingerprint density at radius 3 is 2.36 bits per heavy atom. The summed E-state index contributed by atoms with van der Waals surface area (Å²) in [6.45, 7) is 10.1. The third-order valence-corrected chi connectivity index (χ3v) is 12.4. The quantitative estimate of drug-likeness (QED) is 0.144. The second-order valence-corrected chi connectivity index (χ2v) is 14.2. The summed E-state index contributed by atoms with van der Waals surface area (Å²) in [5.41, 5.74) is 1.39. The highest BCUT2D eigenvalue weighted by Crippen LogP contribution is 2.49. The number of aliphatic hydroxyl groups is 1. The highest BCUT2D eigenvalue weighted by atomic mass is 28.4. The smallest absolute Gasteiger partial charge is 0.355 e. The first-order valence-corrected chi connectivity index (χ1v) is 15.1. The van der Waals surface area contributed by atoms with Gasteiger partial charge < -0.3 is 19.2 Å². The fourth-order valence-corrected chi connectivity index (χ4v) is 8.30. The minimum atomic E-state index is -1.92. The van der Waals surface area contributed by atoms with Gasteiger partial charge >= 0.3 is 5.97 Å². The lowest BCUT2D eigenvalue weighted by molar-refractivity contribution is -0.384. The molecule has 3 rings (SSSR count). The van der Waals surface area contributed by atoms with Crippen molar-refractivity contribution >= 4 is 25.9 Å². The summed E-state index contributed by atoms with van der Waals surface area (Å²) in [5, 5.41) is 20.2. The van der Waals surface area contributed by atoms with E-state index in [0.717, 1.165) is 18.1 Å². The van der Waals surface area contributed by atoms with Crippen LogP contribution in [0.25, 0.3) is 0 Å². The van der Waals surface area contributed by atoms with E-state index < -0.39 is 19.2 Å². The van der Waals surface area contributed by atoms with E-state index >= 15 is 0 Å². The number of nitro benzene ring substituents is 1. The number of nitrogens with zero attached hydrogens (tertiary/aromatic N) is 2. The number of nitro groups is 1. The summed E-state index contributed by atoms with van der Waals surface area (Å²) in [4.78, 5) is 38.5. The maximum absolute atomic E-state index is 13.4. The number of non-ortho nitro benzene ring substituents is 1. The van der Waals surface area contributed by atoms with Gasteiger partial charge in [-0.3, -0.25) is 14.9 Å². The molecule has 0 aliphatic carbocycles. The van der Waals surface area contributed by atoms with Gasteiger partial charge in [0.15, 0.2) is 8.32 Å². The molecular formula is C26H36N2O7Si. The van der Waals surface area contributed by atoms with E-state index in [-0.39, 0.29) is 54.5 Å². The number of amides is 1. The van der Waals surface area contributed by atoms with E-state index in [4.69, 9.17) is 9.16 Å². The van der Waals surface area contributed by atoms with Crippen LogP contribution in [0.2, 0.25) is 18.1 Å². The van der Waals surface area contributed by atoms with Gasteiger partial charge in [0, 0.05) is 18.1 Å². The number of ether oxygens (including phenoxy) is 1. The number of rotatable bonds is 12. The average Bonchev–Trinajstić information content (AvgIpc) is 3.12. The lowest BCUT2D eigenvalue weighted by Crippen LogP contribution is -2.65. The Morgan fingerprint density at radius 2 is 1.83 bits per heavy atom. The summed E-state index contributed by atoms with van der Waals surface area (Å²) in [7, 11) is -1.92. The number of esters is 1. The number of carbonyl (C=O) groups excluding carboxylic acids is 2. The molecule has 0 aromatic heterocycles. The van der Waals surface area contributed by atoms with Crippen molar-refractivity contribution < 1.29 is 28.8 Å². The van der Waals surface area contributed by atoms with Crippen molar-refractivity contribution in [1.82, 2.24) is 4.90 Å². The predicted octanol–water partition coefficient (Wildman–Crippen LogP) is 4.33. The van der Waals surface area contributed by atoms with E-state index in [2.05, 4.69) is 20.8 Å². The number of hydrogen-bond donors (Lipinski definition) is 1. The minimum Gasteiger partial charge on any atom is -0.456 e. The van der Waals surface area contributed by atoms with Crippen LogP contribution in [-0.2, 0) is 25.4 Å². The number of carbonyl (C=O) groups is 2. The molecule has 2 aliphatic heterocycles. The van der Waals surface area contributed by atoms with Gasteiger partial charge in [-0.05, 0) is 48.3 Å². The van der Waals surface area contributed by atoms with Gasteiger partial charge in [-0.25, -0.2) is 4.79 Å². The van der Waals surface area contributed by atoms with Crippen molar-refractivity contribution in [2.75, 3.05) is 6.61 Å². The van der Waals surface area contributed by atoms with Gasteiger partial charge in [0.25, 0.3) is 5.69 Å². The zero-order valence-corrected chi connectivity index (χ0v) is 22.6. The van der Waals surface area contributed by atoms with Gasteiger partial charge in [0.1, 0.15) is 12.3 Å². The Hall–Kier alpha value is -2.82. The van der Waals surface area contributed by atoms with Crippen molar-refractivity contribution in [1.29, 1.82) is 0 Å². The highest BCUT2D eigenvalue weighted by Gasteiger charge is 2.60. The van der Waals surface area contributed by atoms with Crippen molar-refractivity contribution in [2.45, 2.75) is 71.5 Å². The molecule has 1 N–H and O–H groups in total. The van der Waals surface area contributed by atoms with Crippen LogP contribution in [0.15, 0.2) is 47.7 Å². The molecule has 0 bridgehead atoms. The molecule has 1 fully saturated rings. The van der Waals surface area contributed by atoms with Crippen LogP contribution in [0.4, 0.5) is 5.69 Å². The first kappa shape index (κ1) is 27.8. The molecule has 0 saturated carbocycles. The number of β-lactam (4-membered cyclic amide) rings is 1. The van der Waals surface area contributed by atoms with Gasteiger partial charge in [-0.15, -0.1) is 0 Å². The zero-order valence-electron chi connectivity index (χ0n) is 21.6. The Balaban J connectivity index is 1.80. The van der Waals surface area contributed by atoms with Crippen LogP contribution in [0.5, 0.6) is 0 Å². The Bertz CT molecular complexity index is 1040. The molecule has 1 aromatic rings. The van der Waals surface area contributed by atoms with E-state index in [1.165, 1.54) is 29.2 Å². The number of aliphatic hydroxyl groups excluding tert-OH is 1. The molecule has 10 heteroatoms. The van der Waals surface area contributed by atoms with E-state index in [1.807, 2.05) is 13.8 Å². The topological polar surface area (TPSA) is 119 Å². The first-order chi connectivity index (χ1) is 17.1. The number of allylic oxidation sites excluding steroid dienone is 1. The molecule has 0 spiro atoms. The van der Waals surface area contributed by atoms with Crippen LogP contribution in [0, 0.1) is 22.0 Å². The Kier molecular flexibility index (Phi) is 8.86. The summed E-state index contributed by atoms with van der Waals surface area (Å²) >= 11 is 0. The second-order valence-electron chi connectivity index (χ2n) is 9.47. The van der Waals surface area contributed by atoms with Crippen LogP contribution < -0.4 is 0 Å². The molecule has 1 amide bonds. The fraction of sp³-hybridized carbons (Fsp3) is 0.538. The van der Waals surface area contributed by atoms with Gasteiger partial charge in [-0.1, -0.05) is 39.8 Å². The fourth-order valence-electron chi connectivity index (χ4n) is 5.37. The van der Waals surface area contributed by atoms with Gasteiger partial charge in [0.05, 0.1) is 29.6 Å². The van der Waals surface area contributed by atoms with Crippen molar-refractivity contribution in [3.05, 3.63) is 63.4 Å². The van der Waals surface area contributed by atoms with Crippen molar-refractivity contribution in [2.24, 2.45) is 11.8 Å². The van der Waals surface area contributed by atoms with Gasteiger partial charge in [0.2, 0.25) is 5.91 Å². The molecule has 0 unspecified atom stereocenters. The maximum Gasteiger partial charge on any atom is 0.355 e. The number of benzene rings is 1. The molecule has 196 valence electrons. The lowest BCUT2D eigenvalue weighted by Gasteiger charge is -2.49. The van der Waals surface area contributed by atoms with E-state index in [9.17, 15) is 24.8 Å². The van der Waals surface area contributed by atoms with Crippen LogP contribution in [0.1, 0.15) is 40.2 Å². The van der Waals surface area contributed by atoms with Gasteiger partial charge in [-0.2, -0.15) is 0 Å². The molecule has 9 nitrogen and oxygen atoms in total.